The van der Waals surface area contributed by atoms with E-state index in [1.165, 1.54) is 6.33 Å². The number of hydrogen-bond donors (Lipinski definition) is 1. The maximum atomic E-state index is 12.0. The Morgan fingerprint density at radius 2 is 2.27 bits per heavy atom. The summed E-state index contributed by atoms with van der Waals surface area (Å²) in [5.41, 5.74) is 6.15. The van der Waals surface area contributed by atoms with Gasteiger partial charge in [0.15, 0.2) is 0 Å². The van der Waals surface area contributed by atoms with Crippen LogP contribution in [0.1, 0.15) is 23.2 Å². The largest absolute Gasteiger partial charge is 0.334 e. The Morgan fingerprint density at radius 1 is 1.53 bits per heavy atom. The second-order valence-electron chi connectivity index (χ2n) is 3.66. The number of nitrogens with zero attached hydrogens (tertiary/aromatic N) is 3. The minimum atomic E-state index is -0.0106. The molecule has 0 radical (unpaired) electrons. The summed E-state index contributed by atoms with van der Waals surface area (Å²) in [6.45, 7) is 1.31. The fourth-order valence-electron chi connectivity index (χ4n) is 1.92. The third kappa shape index (κ3) is 1.97. The van der Waals surface area contributed by atoms with Gasteiger partial charge in [0.05, 0.1) is 5.56 Å². The Morgan fingerprint density at radius 3 is 2.93 bits per heavy atom. The predicted molar refractivity (Wildman–Crippen MR) is 55.1 cm³/mol. The van der Waals surface area contributed by atoms with Gasteiger partial charge in [0.25, 0.3) is 5.91 Å². The maximum Gasteiger partial charge on any atom is 0.257 e. The summed E-state index contributed by atoms with van der Waals surface area (Å²) in [5.74, 6) is -0.0106. The van der Waals surface area contributed by atoms with E-state index < -0.39 is 0 Å². The highest BCUT2D eigenvalue weighted by Gasteiger charge is 2.28. The minimum Gasteiger partial charge on any atom is -0.334 e. The Hall–Kier alpha value is -1.49. The van der Waals surface area contributed by atoms with Crippen LogP contribution in [0.15, 0.2) is 18.7 Å². The van der Waals surface area contributed by atoms with Crippen molar-refractivity contribution < 1.29 is 4.79 Å². The molecule has 1 saturated heterocycles. The van der Waals surface area contributed by atoms with Crippen LogP contribution in [0.5, 0.6) is 0 Å². The van der Waals surface area contributed by atoms with Crippen LogP contribution in [0.4, 0.5) is 0 Å². The van der Waals surface area contributed by atoms with Gasteiger partial charge >= 0.3 is 0 Å². The molecule has 0 aliphatic carbocycles. The molecule has 15 heavy (non-hydrogen) atoms. The number of likely N-dealkylation sites (tertiary alicyclic amines) is 1. The van der Waals surface area contributed by atoms with Gasteiger partial charge in [-0.15, -0.1) is 0 Å². The Balaban J connectivity index is 2.14. The molecule has 1 fully saturated rings. The van der Waals surface area contributed by atoms with Gasteiger partial charge in [-0.3, -0.25) is 4.79 Å². The van der Waals surface area contributed by atoms with E-state index in [4.69, 9.17) is 5.73 Å². The predicted octanol–water partition coefficient (Wildman–Crippen LogP) is 0.0399. The second-order valence-corrected chi connectivity index (χ2v) is 3.66. The number of nitrogens with two attached hydrogens (primary N) is 1. The van der Waals surface area contributed by atoms with E-state index in [2.05, 4.69) is 9.97 Å². The van der Waals surface area contributed by atoms with Crippen molar-refractivity contribution in [3.8, 4) is 0 Å². The fraction of sp³-hybridized carbons (Fsp3) is 0.500. The number of aromatic nitrogens is 2. The first-order valence-electron chi connectivity index (χ1n) is 5.09. The third-order valence-electron chi connectivity index (χ3n) is 2.72. The summed E-state index contributed by atoms with van der Waals surface area (Å²) in [6.07, 6.45) is 6.53. The zero-order valence-corrected chi connectivity index (χ0v) is 8.47. The average Bonchev–Trinajstić information content (AvgIpc) is 2.77. The van der Waals surface area contributed by atoms with Crippen molar-refractivity contribution in [3.63, 3.8) is 0 Å². The summed E-state index contributed by atoms with van der Waals surface area (Å²) in [5, 5.41) is 0. The van der Waals surface area contributed by atoms with Crippen LogP contribution in [-0.4, -0.2) is 39.9 Å². The lowest BCUT2D eigenvalue weighted by Gasteiger charge is -2.23. The van der Waals surface area contributed by atoms with Gasteiger partial charge in [-0.05, 0) is 12.8 Å². The third-order valence-corrected chi connectivity index (χ3v) is 2.72. The van der Waals surface area contributed by atoms with Gasteiger partial charge in [-0.25, -0.2) is 9.97 Å². The van der Waals surface area contributed by atoms with Crippen molar-refractivity contribution in [3.05, 3.63) is 24.3 Å². The van der Waals surface area contributed by atoms with E-state index in [0.29, 0.717) is 12.1 Å². The molecule has 1 unspecified atom stereocenters. The molecule has 0 bridgehead atoms. The highest BCUT2D eigenvalue weighted by molar-refractivity contribution is 5.94. The highest BCUT2D eigenvalue weighted by Crippen LogP contribution is 2.18. The number of hydrogen-bond acceptors (Lipinski definition) is 4. The molecule has 0 spiro atoms. The van der Waals surface area contributed by atoms with Crippen molar-refractivity contribution in [2.75, 3.05) is 13.1 Å². The van der Waals surface area contributed by atoms with Gasteiger partial charge in [-0.2, -0.15) is 0 Å². The van der Waals surface area contributed by atoms with E-state index in [1.54, 1.807) is 12.4 Å². The first-order valence-corrected chi connectivity index (χ1v) is 5.09. The van der Waals surface area contributed by atoms with Crippen LogP contribution in [0.2, 0.25) is 0 Å². The number of amides is 1. The zero-order chi connectivity index (χ0) is 10.7. The van der Waals surface area contributed by atoms with E-state index in [9.17, 15) is 4.79 Å². The average molecular weight is 206 g/mol. The molecule has 5 heteroatoms. The molecular weight excluding hydrogens is 192 g/mol. The molecular formula is C10H14N4O. The van der Waals surface area contributed by atoms with Crippen molar-refractivity contribution in [1.29, 1.82) is 0 Å². The van der Waals surface area contributed by atoms with Gasteiger partial charge in [0, 0.05) is 31.5 Å². The highest BCUT2D eigenvalue weighted by atomic mass is 16.2. The van der Waals surface area contributed by atoms with Crippen LogP contribution >= 0.6 is 0 Å². The lowest BCUT2D eigenvalue weighted by Crippen LogP contribution is -2.39. The molecule has 1 atom stereocenters. The van der Waals surface area contributed by atoms with Crippen LogP contribution in [0.3, 0.4) is 0 Å². The van der Waals surface area contributed by atoms with E-state index in [-0.39, 0.29) is 11.9 Å². The fourth-order valence-corrected chi connectivity index (χ4v) is 1.92. The second kappa shape index (κ2) is 4.35. The SMILES string of the molecule is NCC1CCCN1C(=O)c1cncnc1. The molecule has 0 aromatic carbocycles. The molecule has 1 aromatic rings. The maximum absolute atomic E-state index is 12.0. The molecule has 1 aliphatic heterocycles. The van der Waals surface area contributed by atoms with Crippen molar-refractivity contribution in [1.82, 2.24) is 14.9 Å². The van der Waals surface area contributed by atoms with Crippen molar-refractivity contribution >= 4 is 5.91 Å². The van der Waals surface area contributed by atoms with E-state index in [0.717, 1.165) is 19.4 Å². The van der Waals surface area contributed by atoms with Gasteiger partial charge < -0.3 is 10.6 Å². The summed E-state index contributed by atoms with van der Waals surface area (Å²) in [6, 6.07) is 0.178. The van der Waals surface area contributed by atoms with Crippen LogP contribution < -0.4 is 5.73 Å². The molecule has 1 aromatic heterocycles. The van der Waals surface area contributed by atoms with E-state index in [1.807, 2.05) is 4.90 Å². The smallest absolute Gasteiger partial charge is 0.257 e. The Bertz CT molecular complexity index is 341. The molecule has 1 amide bonds. The summed E-state index contributed by atoms with van der Waals surface area (Å²) in [7, 11) is 0. The first-order chi connectivity index (χ1) is 7.33. The summed E-state index contributed by atoms with van der Waals surface area (Å²) in [4.78, 5) is 21.5. The standard InChI is InChI=1S/C10H14N4O/c11-4-9-2-1-3-14(9)10(15)8-5-12-7-13-6-8/h5-7,9H,1-4,11H2. The lowest BCUT2D eigenvalue weighted by atomic mass is 10.2. The van der Waals surface area contributed by atoms with Gasteiger partial charge in [0.1, 0.15) is 6.33 Å². The topological polar surface area (TPSA) is 72.1 Å². The molecule has 5 nitrogen and oxygen atoms in total. The minimum absolute atomic E-state index is 0.0106. The summed E-state index contributed by atoms with van der Waals surface area (Å²) >= 11 is 0. The van der Waals surface area contributed by atoms with Crippen LogP contribution in [0, 0.1) is 0 Å². The van der Waals surface area contributed by atoms with Gasteiger partial charge in [0.2, 0.25) is 0 Å². The molecule has 80 valence electrons. The summed E-state index contributed by atoms with van der Waals surface area (Å²) < 4.78 is 0. The Kier molecular flexibility index (Phi) is 2.91. The van der Waals surface area contributed by atoms with E-state index >= 15 is 0 Å². The normalized spacial score (nSPS) is 20.6. The molecule has 0 saturated carbocycles. The lowest BCUT2D eigenvalue weighted by molar-refractivity contribution is 0.0740. The molecule has 2 rings (SSSR count). The van der Waals surface area contributed by atoms with Crippen LogP contribution in [-0.2, 0) is 0 Å². The van der Waals surface area contributed by atoms with Gasteiger partial charge in [-0.1, -0.05) is 0 Å². The quantitative estimate of drug-likeness (QED) is 0.741. The number of carbonyl (C=O) groups is 1. The van der Waals surface area contributed by atoms with Crippen LogP contribution in [0.25, 0.3) is 0 Å². The zero-order valence-electron chi connectivity index (χ0n) is 8.47. The number of rotatable bonds is 2. The Labute approximate surface area is 88.3 Å². The first kappa shape index (κ1) is 10.0. The monoisotopic (exact) mass is 206 g/mol. The molecule has 2 heterocycles. The number of carbonyl (C=O) groups excluding carboxylic acids is 1. The van der Waals surface area contributed by atoms with Crippen molar-refractivity contribution in [2.24, 2.45) is 5.73 Å². The molecule has 2 N–H and O–H groups in total. The van der Waals surface area contributed by atoms with Crippen molar-refractivity contribution in [2.45, 2.75) is 18.9 Å². The molecule has 1 aliphatic rings.